The van der Waals surface area contributed by atoms with Crippen molar-refractivity contribution in [2.75, 3.05) is 31.6 Å². The molecule has 3 heterocycles. The molecule has 190 valence electrons. The number of aryl methyl sites for hydroxylation is 1. The van der Waals surface area contributed by atoms with Gasteiger partial charge in [-0.3, -0.25) is 24.7 Å². The summed E-state index contributed by atoms with van der Waals surface area (Å²) >= 11 is 0. The molecule has 3 fully saturated rings. The minimum absolute atomic E-state index is 0.0941. The van der Waals surface area contributed by atoms with Crippen molar-refractivity contribution in [2.45, 2.75) is 45.4 Å². The molecule has 36 heavy (non-hydrogen) atoms. The zero-order valence-electron chi connectivity index (χ0n) is 21.0. The van der Waals surface area contributed by atoms with Gasteiger partial charge < -0.3 is 14.5 Å². The molecule has 3 amide bonds. The molecule has 9 heteroatoms. The lowest BCUT2D eigenvalue weighted by Gasteiger charge is -2.45. The van der Waals surface area contributed by atoms with Crippen LogP contribution in [-0.4, -0.2) is 77.8 Å². The van der Waals surface area contributed by atoms with Crippen molar-refractivity contribution in [3.8, 4) is 0 Å². The molecule has 1 N–H and O–H groups in total. The van der Waals surface area contributed by atoms with Crippen LogP contribution in [0.1, 0.15) is 25.0 Å². The van der Waals surface area contributed by atoms with Gasteiger partial charge in [-0.2, -0.15) is 0 Å². The van der Waals surface area contributed by atoms with E-state index in [-0.39, 0.29) is 18.8 Å². The maximum atomic E-state index is 13.6. The molecule has 9 nitrogen and oxygen atoms in total. The number of carbonyl (C=O) groups is 3. The minimum atomic E-state index is -0.612. The Balaban J connectivity index is 1.33. The summed E-state index contributed by atoms with van der Waals surface area (Å²) in [7, 11) is 1.67. The summed E-state index contributed by atoms with van der Waals surface area (Å²) < 4.78 is 5.35. The molecule has 0 aromatic heterocycles. The molecule has 0 radical (unpaired) electrons. The number of ether oxygens (including phenoxy) is 1. The highest BCUT2D eigenvalue weighted by molar-refractivity contribution is 6.02. The molecule has 0 spiro atoms. The molecule has 5 rings (SSSR count). The van der Waals surface area contributed by atoms with Crippen molar-refractivity contribution in [1.29, 1.82) is 0 Å². The first-order chi connectivity index (χ1) is 17.4. The number of hydrogen-bond acceptors (Lipinski definition) is 7. The number of imide groups is 1. The summed E-state index contributed by atoms with van der Waals surface area (Å²) in [5, 5.41) is 3.52. The number of likely N-dealkylation sites (N-methyl/N-ethyl adjacent to an activating group) is 1. The largest absolute Gasteiger partial charge is 0.459 e. The van der Waals surface area contributed by atoms with E-state index in [0.717, 1.165) is 29.1 Å². The number of anilines is 1. The Kier molecular flexibility index (Phi) is 6.68. The fourth-order valence-corrected chi connectivity index (χ4v) is 5.40. The maximum Gasteiger partial charge on any atom is 0.328 e. The maximum absolute atomic E-state index is 13.6. The number of urea groups is 1. The fourth-order valence-electron chi connectivity index (χ4n) is 5.40. The quantitative estimate of drug-likeness (QED) is 0.621. The highest BCUT2D eigenvalue weighted by Crippen LogP contribution is 2.34. The Morgan fingerprint density at radius 2 is 1.75 bits per heavy atom. The molecule has 0 saturated carbocycles. The van der Waals surface area contributed by atoms with Crippen LogP contribution in [0.15, 0.2) is 54.6 Å². The number of carbonyl (C=O) groups excluding carboxylic acids is 3. The molecule has 3 aliphatic heterocycles. The second-order valence-corrected chi connectivity index (χ2v) is 9.87. The Morgan fingerprint density at radius 3 is 2.44 bits per heavy atom. The Morgan fingerprint density at radius 1 is 1.03 bits per heavy atom. The Hall–Kier alpha value is -3.43. The van der Waals surface area contributed by atoms with Gasteiger partial charge in [0.15, 0.2) is 0 Å². The third kappa shape index (κ3) is 4.44. The van der Waals surface area contributed by atoms with E-state index in [1.54, 1.807) is 7.05 Å². The second-order valence-electron chi connectivity index (χ2n) is 9.87. The van der Waals surface area contributed by atoms with Crippen LogP contribution in [0.2, 0.25) is 0 Å². The number of nitrogens with one attached hydrogen (secondary N) is 1. The van der Waals surface area contributed by atoms with Crippen LogP contribution in [0.5, 0.6) is 0 Å². The average Bonchev–Trinajstić information content (AvgIpc) is 3.28. The van der Waals surface area contributed by atoms with Gasteiger partial charge in [0.2, 0.25) is 0 Å². The molecular weight excluding hydrogens is 458 g/mol. The number of nitrogens with zero attached hydrogens (tertiary/aromatic N) is 4. The van der Waals surface area contributed by atoms with E-state index in [4.69, 9.17) is 4.74 Å². The van der Waals surface area contributed by atoms with Crippen LogP contribution in [0.25, 0.3) is 0 Å². The van der Waals surface area contributed by atoms with Crippen molar-refractivity contribution in [2.24, 2.45) is 5.92 Å². The molecule has 3 saturated heterocycles. The van der Waals surface area contributed by atoms with Crippen LogP contribution in [0.4, 0.5) is 10.5 Å². The van der Waals surface area contributed by atoms with Crippen LogP contribution < -0.4 is 10.2 Å². The summed E-state index contributed by atoms with van der Waals surface area (Å²) in [6, 6.07) is 16.7. The van der Waals surface area contributed by atoms with Crippen LogP contribution in [0, 0.1) is 5.92 Å². The van der Waals surface area contributed by atoms with Gasteiger partial charge in [0, 0.05) is 25.8 Å². The minimum Gasteiger partial charge on any atom is -0.459 e. The monoisotopic (exact) mass is 491 g/mol. The lowest BCUT2D eigenvalue weighted by molar-refractivity contribution is -0.152. The third-order valence-corrected chi connectivity index (χ3v) is 7.29. The lowest BCUT2D eigenvalue weighted by Crippen LogP contribution is -2.67. The highest BCUT2D eigenvalue weighted by Gasteiger charge is 2.57. The highest BCUT2D eigenvalue weighted by atomic mass is 16.5. The van der Waals surface area contributed by atoms with Gasteiger partial charge in [-0.1, -0.05) is 56.3 Å². The standard InChI is InChI=1S/C27H33N5O4/c1-4-19-10-12-21(13-11-19)30-14-18(2)15-31-23-24(28-26(30)31)29(3)27(35)32(25(23)34)16-22(33)36-17-20-8-6-5-7-9-20/h5-13,18,23-24,26,28H,4,14-17H2,1-3H3. The van der Waals surface area contributed by atoms with Crippen LogP contribution in [-0.2, 0) is 27.4 Å². The van der Waals surface area contributed by atoms with Gasteiger partial charge in [-0.05, 0) is 35.6 Å². The first kappa shape index (κ1) is 24.3. The first-order valence-electron chi connectivity index (χ1n) is 12.5. The number of esters is 1. The number of benzene rings is 2. The Labute approximate surface area is 211 Å². The molecule has 0 aliphatic carbocycles. The summed E-state index contributed by atoms with van der Waals surface area (Å²) in [6.45, 7) is 5.52. The third-order valence-electron chi connectivity index (χ3n) is 7.29. The van der Waals surface area contributed by atoms with E-state index in [0.29, 0.717) is 12.5 Å². The van der Waals surface area contributed by atoms with Crippen molar-refractivity contribution in [3.05, 3.63) is 65.7 Å². The normalized spacial score (nSPS) is 26.1. The van der Waals surface area contributed by atoms with Crippen molar-refractivity contribution in [3.63, 3.8) is 0 Å². The molecule has 2 aromatic carbocycles. The second kappa shape index (κ2) is 9.91. The summed E-state index contributed by atoms with van der Waals surface area (Å²) in [4.78, 5) is 46.3. The average molecular weight is 492 g/mol. The van der Waals surface area contributed by atoms with E-state index >= 15 is 0 Å². The first-order valence-corrected chi connectivity index (χ1v) is 12.5. The lowest BCUT2D eigenvalue weighted by atomic mass is 10.0. The summed E-state index contributed by atoms with van der Waals surface area (Å²) in [6.07, 6.45) is 0.266. The van der Waals surface area contributed by atoms with E-state index in [2.05, 4.69) is 53.2 Å². The molecule has 3 aliphatic rings. The molecule has 4 atom stereocenters. The molecule has 2 aromatic rings. The summed E-state index contributed by atoms with van der Waals surface area (Å²) in [5.74, 6) is -0.669. The van der Waals surface area contributed by atoms with Crippen molar-refractivity contribution in [1.82, 2.24) is 20.0 Å². The zero-order chi connectivity index (χ0) is 25.4. The predicted molar refractivity (Wildman–Crippen MR) is 135 cm³/mol. The van der Waals surface area contributed by atoms with Gasteiger partial charge in [0.05, 0.1) is 0 Å². The van der Waals surface area contributed by atoms with E-state index in [9.17, 15) is 14.4 Å². The predicted octanol–water partition coefficient (Wildman–Crippen LogP) is 2.23. The zero-order valence-corrected chi connectivity index (χ0v) is 21.0. The molecule has 0 bridgehead atoms. The summed E-state index contributed by atoms with van der Waals surface area (Å²) in [5.41, 5.74) is 3.18. The SMILES string of the molecule is CCc1ccc(N2CC(C)CN3C4C(=O)N(CC(=O)OCc5ccccc5)C(=O)N(C)C4NC23)cc1. The van der Waals surface area contributed by atoms with Crippen molar-refractivity contribution < 1.29 is 19.1 Å². The van der Waals surface area contributed by atoms with Gasteiger partial charge in [-0.15, -0.1) is 0 Å². The van der Waals surface area contributed by atoms with Gasteiger partial charge >= 0.3 is 12.0 Å². The number of fused-ring (bicyclic) bond motifs is 3. The topological polar surface area (TPSA) is 85.4 Å². The van der Waals surface area contributed by atoms with Gasteiger partial charge in [-0.25, -0.2) is 4.79 Å². The van der Waals surface area contributed by atoms with Gasteiger partial charge in [0.1, 0.15) is 31.6 Å². The molecule has 4 unspecified atom stereocenters. The number of amides is 3. The number of hydrogen-bond donors (Lipinski definition) is 1. The van der Waals surface area contributed by atoms with E-state index in [1.807, 2.05) is 30.3 Å². The van der Waals surface area contributed by atoms with E-state index < -0.39 is 30.8 Å². The Bertz CT molecular complexity index is 1120. The number of rotatable bonds is 6. The van der Waals surface area contributed by atoms with E-state index in [1.165, 1.54) is 10.5 Å². The fraction of sp³-hybridized carbons (Fsp3) is 0.444. The molecular formula is C27H33N5O4. The van der Waals surface area contributed by atoms with Crippen LogP contribution >= 0.6 is 0 Å². The van der Waals surface area contributed by atoms with Gasteiger partial charge in [0.25, 0.3) is 5.91 Å². The van der Waals surface area contributed by atoms with Crippen molar-refractivity contribution >= 4 is 23.6 Å². The smallest absolute Gasteiger partial charge is 0.328 e. The van der Waals surface area contributed by atoms with Crippen LogP contribution in [0.3, 0.4) is 0 Å².